The molecule has 0 saturated carbocycles. The Bertz CT molecular complexity index is 1710. The molecule has 6 heteroatoms. The van der Waals surface area contributed by atoms with Crippen LogP contribution < -0.4 is 18.9 Å². The molecule has 0 radical (unpaired) electrons. The molecule has 4 aromatic rings. The molecule has 0 aromatic heterocycles. The zero-order chi connectivity index (χ0) is 34.8. The molecular weight excluding hydrogens is 612 g/mol. The number of ether oxygens (including phenoxy) is 4. The van der Waals surface area contributed by atoms with Gasteiger partial charge in [-0.05, 0) is 113 Å². The lowest BCUT2D eigenvalue weighted by atomic mass is 9.89. The molecule has 6 nitrogen and oxygen atoms in total. The number of benzene rings is 4. The molecule has 0 fully saturated rings. The highest BCUT2D eigenvalue weighted by atomic mass is 16.5. The molecule has 0 amide bonds. The molecule has 0 unspecified atom stereocenters. The van der Waals surface area contributed by atoms with Gasteiger partial charge in [-0.1, -0.05) is 63.6 Å². The maximum atomic E-state index is 10.5. The summed E-state index contributed by atoms with van der Waals surface area (Å²) in [5, 5.41) is 20.9. The van der Waals surface area contributed by atoms with E-state index in [4.69, 9.17) is 18.9 Å². The summed E-state index contributed by atoms with van der Waals surface area (Å²) in [5.74, 6) is 3.50. The second kappa shape index (κ2) is 17.6. The van der Waals surface area contributed by atoms with Gasteiger partial charge in [0.15, 0.2) is 0 Å². The topological polar surface area (TPSA) is 77.4 Å². The molecule has 262 valence electrons. The van der Waals surface area contributed by atoms with Crippen LogP contribution in [-0.2, 0) is 38.9 Å². The molecule has 4 aromatic carbocycles. The van der Waals surface area contributed by atoms with E-state index in [1.54, 1.807) is 0 Å². The van der Waals surface area contributed by atoms with Crippen molar-refractivity contribution in [3.63, 3.8) is 0 Å². The Balaban J connectivity index is 1.84. The second-order valence-corrected chi connectivity index (χ2v) is 13.2. The summed E-state index contributed by atoms with van der Waals surface area (Å²) in [4.78, 5) is 0. The normalized spacial score (nSPS) is 12.5. The van der Waals surface area contributed by atoms with Crippen molar-refractivity contribution in [1.29, 1.82) is 0 Å². The van der Waals surface area contributed by atoms with Crippen LogP contribution >= 0.6 is 0 Å². The minimum atomic E-state index is -0.0807. The quantitative estimate of drug-likeness (QED) is 0.123. The third kappa shape index (κ3) is 8.78. The second-order valence-electron chi connectivity index (χ2n) is 13.2. The minimum absolute atomic E-state index is 0.0804. The van der Waals surface area contributed by atoms with Crippen LogP contribution in [0, 0.1) is 6.92 Å². The van der Waals surface area contributed by atoms with Gasteiger partial charge in [0.1, 0.15) is 23.0 Å². The van der Waals surface area contributed by atoms with E-state index in [0.29, 0.717) is 52.1 Å². The molecule has 0 atom stereocenters. The minimum Gasteiger partial charge on any atom is -0.493 e. The number of aryl methyl sites for hydroxylation is 1. The van der Waals surface area contributed by atoms with E-state index in [2.05, 4.69) is 89.2 Å². The number of hydrogen-bond donors (Lipinski definition) is 2. The zero-order valence-electron chi connectivity index (χ0n) is 30.1. The van der Waals surface area contributed by atoms with E-state index >= 15 is 0 Å². The third-order valence-electron chi connectivity index (χ3n) is 8.86. The maximum Gasteiger partial charge on any atom is 0.126 e. The first-order valence-electron chi connectivity index (χ1n) is 18.2. The number of rotatable bonds is 14. The molecule has 0 saturated heterocycles. The monoisotopic (exact) mass is 666 g/mol. The number of fused-ring (bicyclic) bond motifs is 8. The summed E-state index contributed by atoms with van der Waals surface area (Å²) in [6.07, 6.45) is 5.90. The molecule has 2 N–H and O–H groups in total. The lowest BCUT2D eigenvalue weighted by Gasteiger charge is -2.24. The van der Waals surface area contributed by atoms with Crippen molar-refractivity contribution < 1.29 is 29.2 Å². The first kappa shape index (κ1) is 36.3. The van der Waals surface area contributed by atoms with Gasteiger partial charge >= 0.3 is 0 Å². The van der Waals surface area contributed by atoms with Gasteiger partial charge in [0, 0.05) is 25.7 Å². The van der Waals surface area contributed by atoms with Crippen LogP contribution in [0.3, 0.4) is 0 Å². The van der Waals surface area contributed by atoms with Crippen molar-refractivity contribution in [2.24, 2.45) is 0 Å². The van der Waals surface area contributed by atoms with Gasteiger partial charge in [0.25, 0.3) is 0 Å². The summed E-state index contributed by atoms with van der Waals surface area (Å²) in [6, 6.07) is 19.2. The maximum absolute atomic E-state index is 10.5. The third-order valence-corrected chi connectivity index (χ3v) is 8.86. The van der Waals surface area contributed by atoms with Gasteiger partial charge in [0.2, 0.25) is 0 Å². The highest BCUT2D eigenvalue weighted by Gasteiger charge is 2.23. The van der Waals surface area contributed by atoms with Crippen molar-refractivity contribution in [2.75, 3.05) is 26.4 Å². The van der Waals surface area contributed by atoms with Gasteiger partial charge in [-0.3, -0.25) is 0 Å². The average molecular weight is 667 g/mol. The summed E-state index contributed by atoms with van der Waals surface area (Å²) >= 11 is 0. The van der Waals surface area contributed by atoms with Gasteiger partial charge in [-0.2, -0.15) is 0 Å². The number of para-hydroxylation sites is 1. The van der Waals surface area contributed by atoms with Gasteiger partial charge in [0.05, 0.1) is 39.6 Å². The van der Waals surface area contributed by atoms with Crippen molar-refractivity contribution in [3.05, 3.63) is 116 Å². The van der Waals surface area contributed by atoms with Crippen LogP contribution in [0.1, 0.15) is 115 Å². The molecule has 0 spiro atoms. The first-order chi connectivity index (χ1) is 23.9. The van der Waals surface area contributed by atoms with Crippen LogP contribution in [0.15, 0.2) is 54.6 Å². The molecule has 1 aliphatic rings. The molecule has 1 aliphatic carbocycles. The van der Waals surface area contributed by atoms with Crippen molar-refractivity contribution in [1.82, 2.24) is 0 Å². The SMILES string of the molecule is CCCOc1c2cccc1Cc1cc(CO)cc(c1OCCC)Cc1cc(CO)cc(c1OCCC)Cc1cc(C)cc(c1OCCC)C2. The number of aliphatic hydroxyl groups is 2. The van der Waals surface area contributed by atoms with Crippen molar-refractivity contribution >= 4 is 0 Å². The van der Waals surface area contributed by atoms with E-state index in [9.17, 15) is 10.2 Å². The fourth-order valence-corrected chi connectivity index (χ4v) is 6.85. The fraction of sp³-hybridized carbons (Fsp3) is 0.442. The Morgan fingerprint density at radius 1 is 0.449 bits per heavy atom. The molecule has 8 bridgehead atoms. The average Bonchev–Trinajstić information content (AvgIpc) is 3.09. The van der Waals surface area contributed by atoms with E-state index in [1.165, 1.54) is 5.56 Å². The van der Waals surface area contributed by atoms with Crippen LogP contribution in [0.5, 0.6) is 23.0 Å². The molecule has 0 heterocycles. The first-order valence-corrected chi connectivity index (χ1v) is 18.2. The van der Waals surface area contributed by atoms with Gasteiger partial charge < -0.3 is 29.2 Å². The lowest BCUT2D eigenvalue weighted by Crippen LogP contribution is -2.11. The number of hydrogen-bond acceptors (Lipinski definition) is 6. The molecule has 0 aliphatic heterocycles. The zero-order valence-corrected chi connectivity index (χ0v) is 30.1. The lowest BCUT2D eigenvalue weighted by molar-refractivity contribution is 0.280. The molecule has 49 heavy (non-hydrogen) atoms. The van der Waals surface area contributed by atoms with E-state index in [-0.39, 0.29) is 13.2 Å². The summed E-state index contributed by atoms with van der Waals surface area (Å²) < 4.78 is 26.3. The predicted molar refractivity (Wildman–Crippen MR) is 197 cm³/mol. The Morgan fingerprint density at radius 3 is 1.04 bits per heavy atom. The van der Waals surface area contributed by atoms with E-state index < -0.39 is 0 Å². The van der Waals surface area contributed by atoms with Gasteiger partial charge in [-0.25, -0.2) is 0 Å². The Labute approximate surface area is 293 Å². The molecule has 5 rings (SSSR count). The van der Waals surface area contributed by atoms with Crippen molar-refractivity contribution in [2.45, 2.75) is 99.2 Å². The van der Waals surface area contributed by atoms with Crippen LogP contribution in [0.25, 0.3) is 0 Å². The smallest absolute Gasteiger partial charge is 0.126 e. The number of aliphatic hydroxyl groups excluding tert-OH is 2. The van der Waals surface area contributed by atoms with Crippen LogP contribution in [0.2, 0.25) is 0 Å². The predicted octanol–water partition coefficient (Wildman–Crippen LogP) is 8.81. The Kier molecular flexibility index (Phi) is 13.0. The molecular formula is C43H54O6. The summed E-state index contributed by atoms with van der Waals surface area (Å²) in [6.45, 7) is 12.9. The highest BCUT2D eigenvalue weighted by Crippen LogP contribution is 2.40. The van der Waals surface area contributed by atoms with E-state index in [0.717, 1.165) is 104 Å². The standard InChI is InChI=1S/C43H54O6/c1-6-13-46-40-32-11-10-12-33(40)24-36-19-30(27-44)21-38(42(36)48-15-8-3)26-39-22-31(28-45)20-37(43(39)49-16-9-4)25-35-18-29(5)17-34(23-32)41(35)47-14-7-2/h10-12,17-22,44-45H,6-9,13-16,23-28H2,1-5H3. The largest absolute Gasteiger partial charge is 0.493 e. The Hall–Kier alpha value is -4.00. The van der Waals surface area contributed by atoms with Crippen LogP contribution in [0.4, 0.5) is 0 Å². The Morgan fingerprint density at radius 2 is 0.735 bits per heavy atom. The van der Waals surface area contributed by atoms with Crippen molar-refractivity contribution in [3.8, 4) is 23.0 Å². The van der Waals surface area contributed by atoms with Gasteiger partial charge in [-0.15, -0.1) is 0 Å². The summed E-state index contributed by atoms with van der Waals surface area (Å²) in [5.41, 5.74) is 11.3. The summed E-state index contributed by atoms with van der Waals surface area (Å²) in [7, 11) is 0. The van der Waals surface area contributed by atoms with Crippen LogP contribution in [-0.4, -0.2) is 36.6 Å². The highest BCUT2D eigenvalue weighted by molar-refractivity contribution is 5.58. The van der Waals surface area contributed by atoms with E-state index in [1.807, 2.05) is 0 Å². The fourth-order valence-electron chi connectivity index (χ4n) is 6.85.